The van der Waals surface area contributed by atoms with Crippen molar-refractivity contribution in [3.05, 3.63) is 51.5 Å². The van der Waals surface area contributed by atoms with Gasteiger partial charge in [-0.3, -0.25) is 9.48 Å². The molecule has 1 unspecified atom stereocenters. The third-order valence-corrected chi connectivity index (χ3v) is 7.25. The van der Waals surface area contributed by atoms with E-state index in [-0.39, 0.29) is 5.91 Å². The van der Waals surface area contributed by atoms with Crippen LogP contribution >= 0.6 is 34.7 Å². The van der Waals surface area contributed by atoms with Crippen molar-refractivity contribution in [1.82, 2.24) is 15.1 Å². The average molecular weight is 417 g/mol. The number of halogens is 1. The molecule has 3 heterocycles. The van der Waals surface area contributed by atoms with Crippen LogP contribution in [0, 0.1) is 18.3 Å². The first-order valence-electron chi connectivity index (χ1n) is 8.53. The number of aryl methyl sites for hydroxylation is 1. The van der Waals surface area contributed by atoms with Crippen molar-refractivity contribution in [2.75, 3.05) is 11.5 Å². The van der Waals surface area contributed by atoms with Gasteiger partial charge in [-0.1, -0.05) is 23.7 Å². The van der Waals surface area contributed by atoms with Crippen LogP contribution in [0.4, 0.5) is 0 Å². The number of carbonyl (C=O) groups excluding carboxylic acids is 1. The van der Waals surface area contributed by atoms with E-state index in [9.17, 15) is 10.1 Å². The molecular weight excluding hydrogens is 400 g/mol. The topological polar surface area (TPSA) is 70.7 Å². The summed E-state index contributed by atoms with van der Waals surface area (Å²) in [5.41, 5.74) is 1.23. The maximum atomic E-state index is 12.7. The first-order valence-corrected chi connectivity index (χ1v) is 10.9. The fraction of sp³-hybridized carbons (Fsp3) is 0.316. The number of amides is 1. The minimum Gasteiger partial charge on any atom is -0.332 e. The average Bonchev–Trinajstić information content (AvgIpc) is 3.35. The summed E-state index contributed by atoms with van der Waals surface area (Å²) >= 11 is 9.07. The molecule has 1 saturated heterocycles. The van der Waals surface area contributed by atoms with Crippen molar-refractivity contribution in [1.29, 1.82) is 5.26 Å². The maximum Gasteiger partial charge on any atom is 0.262 e. The lowest BCUT2D eigenvalue weighted by Crippen LogP contribution is -2.47. The Morgan fingerprint density at radius 1 is 1.44 bits per heavy atom. The Hall–Kier alpha value is -2.01. The van der Waals surface area contributed by atoms with Crippen LogP contribution in [-0.4, -0.2) is 32.7 Å². The number of thiophene rings is 1. The van der Waals surface area contributed by atoms with Crippen LogP contribution in [-0.2, 0) is 6.54 Å². The van der Waals surface area contributed by atoms with Crippen LogP contribution in [0.3, 0.4) is 0 Å². The molecule has 1 atom stereocenters. The Kier molecular flexibility index (Phi) is 4.89. The van der Waals surface area contributed by atoms with Crippen molar-refractivity contribution in [3.63, 3.8) is 0 Å². The van der Waals surface area contributed by atoms with Gasteiger partial charge in [-0.05, 0) is 42.9 Å². The second-order valence-corrected chi connectivity index (χ2v) is 9.22. The number of hydrogen-bond donors (Lipinski definition) is 1. The van der Waals surface area contributed by atoms with Crippen LogP contribution in [0.25, 0.3) is 10.2 Å². The summed E-state index contributed by atoms with van der Waals surface area (Å²) in [5, 5.41) is 18.7. The van der Waals surface area contributed by atoms with E-state index in [1.165, 1.54) is 11.3 Å². The quantitative estimate of drug-likeness (QED) is 0.690. The summed E-state index contributed by atoms with van der Waals surface area (Å²) in [6.07, 6.45) is 0.689. The molecule has 4 rings (SSSR count). The molecule has 1 aliphatic rings. The number of rotatable bonds is 4. The van der Waals surface area contributed by atoms with Crippen LogP contribution in [0.15, 0.2) is 30.3 Å². The van der Waals surface area contributed by atoms with Gasteiger partial charge in [-0.2, -0.15) is 22.1 Å². The molecule has 1 fully saturated rings. The number of aromatic nitrogens is 2. The van der Waals surface area contributed by atoms with E-state index in [1.807, 2.05) is 41.9 Å². The standard InChI is InChI=1S/C19H17ClN4OS2/c1-12-15-8-16(17(25)22-19(10-21)6-7-26-11-19)27-18(15)24(23-12)9-13-2-4-14(20)5-3-13/h2-5,8H,6-7,9,11H2,1H3,(H,22,25). The zero-order valence-electron chi connectivity index (χ0n) is 14.7. The molecule has 0 spiro atoms. The number of carbonyl (C=O) groups is 1. The van der Waals surface area contributed by atoms with Gasteiger partial charge in [0.05, 0.1) is 23.2 Å². The molecule has 1 aromatic carbocycles. The highest BCUT2D eigenvalue weighted by Gasteiger charge is 2.36. The molecule has 27 heavy (non-hydrogen) atoms. The highest BCUT2D eigenvalue weighted by molar-refractivity contribution is 7.99. The summed E-state index contributed by atoms with van der Waals surface area (Å²) in [5.74, 6) is 1.36. The third-order valence-electron chi connectivity index (χ3n) is 4.67. The highest BCUT2D eigenvalue weighted by Crippen LogP contribution is 2.31. The van der Waals surface area contributed by atoms with Gasteiger partial charge < -0.3 is 5.32 Å². The third kappa shape index (κ3) is 3.57. The Bertz CT molecular complexity index is 1040. The maximum absolute atomic E-state index is 12.7. The SMILES string of the molecule is Cc1nn(Cc2ccc(Cl)cc2)c2sc(C(=O)NC3(C#N)CCSC3)cc12. The smallest absolute Gasteiger partial charge is 0.262 e. The van der Waals surface area contributed by atoms with E-state index < -0.39 is 5.54 Å². The number of fused-ring (bicyclic) bond motifs is 1. The predicted octanol–water partition coefficient (Wildman–Crippen LogP) is 4.24. The van der Waals surface area contributed by atoms with Crippen LogP contribution in [0.1, 0.15) is 27.3 Å². The monoisotopic (exact) mass is 416 g/mol. The summed E-state index contributed by atoms with van der Waals surface area (Å²) in [7, 11) is 0. The molecule has 1 aliphatic heterocycles. The van der Waals surface area contributed by atoms with Crippen molar-refractivity contribution < 1.29 is 4.79 Å². The van der Waals surface area contributed by atoms with Gasteiger partial charge >= 0.3 is 0 Å². The van der Waals surface area contributed by atoms with E-state index in [2.05, 4.69) is 16.5 Å². The molecule has 2 aromatic heterocycles. The fourth-order valence-corrected chi connectivity index (χ4v) is 5.60. The molecule has 0 saturated carbocycles. The molecule has 1 N–H and O–H groups in total. The molecule has 0 radical (unpaired) electrons. The van der Waals surface area contributed by atoms with Crippen molar-refractivity contribution in [2.45, 2.75) is 25.4 Å². The van der Waals surface area contributed by atoms with Gasteiger partial charge in [0.15, 0.2) is 0 Å². The number of nitrogens with one attached hydrogen (secondary N) is 1. The van der Waals surface area contributed by atoms with E-state index in [0.29, 0.717) is 28.6 Å². The van der Waals surface area contributed by atoms with Crippen molar-refractivity contribution in [3.8, 4) is 6.07 Å². The normalized spacial score (nSPS) is 19.3. The zero-order chi connectivity index (χ0) is 19.0. The molecule has 1 amide bonds. The van der Waals surface area contributed by atoms with Gasteiger partial charge in [0.1, 0.15) is 10.4 Å². The number of nitrogens with zero attached hydrogens (tertiary/aromatic N) is 3. The largest absolute Gasteiger partial charge is 0.332 e. The minimum absolute atomic E-state index is 0.183. The van der Waals surface area contributed by atoms with Crippen molar-refractivity contribution >= 4 is 50.8 Å². The lowest BCUT2D eigenvalue weighted by atomic mass is 10.0. The van der Waals surface area contributed by atoms with E-state index in [0.717, 1.165) is 27.2 Å². The van der Waals surface area contributed by atoms with Crippen LogP contribution < -0.4 is 5.32 Å². The predicted molar refractivity (Wildman–Crippen MR) is 111 cm³/mol. The Balaban J connectivity index is 1.61. The van der Waals surface area contributed by atoms with Crippen molar-refractivity contribution in [2.24, 2.45) is 0 Å². The highest BCUT2D eigenvalue weighted by atomic mass is 35.5. The zero-order valence-corrected chi connectivity index (χ0v) is 17.0. The van der Waals surface area contributed by atoms with Crippen LogP contribution in [0.5, 0.6) is 0 Å². The van der Waals surface area contributed by atoms with E-state index >= 15 is 0 Å². The van der Waals surface area contributed by atoms with Gasteiger partial charge in [0, 0.05) is 16.2 Å². The summed E-state index contributed by atoms with van der Waals surface area (Å²) in [6, 6.07) is 11.8. The van der Waals surface area contributed by atoms with Gasteiger partial charge in [-0.15, -0.1) is 11.3 Å². The summed E-state index contributed by atoms with van der Waals surface area (Å²) in [4.78, 5) is 14.3. The number of hydrogen-bond acceptors (Lipinski definition) is 5. The Labute approximate surface area is 170 Å². The molecule has 0 aliphatic carbocycles. The number of thioether (sulfide) groups is 1. The number of nitriles is 1. The van der Waals surface area contributed by atoms with Gasteiger partial charge in [0.2, 0.25) is 0 Å². The first-order chi connectivity index (χ1) is 13.0. The molecule has 3 aromatic rings. The molecular formula is C19H17ClN4OS2. The number of benzene rings is 1. The fourth-order valence-electron chi connectivity index (χ4n) is 3.15. The lowest BCUT2D eigenvalue weighted by Gasteiger charge is -2.20. The molecule has 8 heteroatoms. The second-order valence-electron chi connectivity index (χ2n) is 6.65. The van der Waals surface area contributed by atoms with E-state index in [1.54, 1.807) is 11.8 Å². The lowest BCUT2D eigenvalue weighted by molar-refractivity contribution is 0.0930. The Morgan fingerprint density at radius 2 is 2.22 bits per heavy atom. The summed E-state index contributed by atoms with van der Waals surface area (Å²) in [6.45, 7) is 2.56. The molecule has 0 bridgehead atoms. The Morgan fingerprint density at radius 3 is 2.89 bits per heavy atom. The van der Waals surface area contributed by atoms with Gasteiger partial charge in [0.25, 0.3) is 5.91 Å². The minimum atomic E-state index is -0.748. The van der Waals surface area contributed by atoms with Crippen LogP contribution in [0.2, 0.25) is 5.02 Å². The first kappa shape index (κ1) is 18.4. The van der Waals surface area contributed by atoms with Gasteiger partial charge in [-0.25, -0.2) is 0 Å². The summed E-state index contributed by atoms with van der Waals surface area (Å²) < 4.78 is 1.92. The van der Waals surface area contributed by atoms with E-state index in [4.69, 9.17) is 11.6 Å². The molecule has 5 nitrogen and oxygen atoms in total. The molecule has 138 valence electrons. The second kappa shape index (κ2) is 7.19.